The lowest BCUT2D eigenvalue weighted by atomic mass is 10.0. The predicted octanol–water partition coefficient (Wildman–Crippen LogP) is 8.22. The lowest BCUT2D eigenvalue weighted by Crippen LogP contribution is -2.27. The minimum atomic E-state index is -0.932. The summed E-state index contributed by atoms with van der Waals surface area (Å²) >= 11 is 0. The monoisotopic (exact) mass is 460 g/mol. The molecule has 2 aromatic rings. The number of ether oxygens (including phenoxy) is 3. The molecule has 0 amide bonds. The summed E-state index contributed by atoms with van der Waals surface area (Å²) in [7, 11) is 0. The maximum Gasteiger partial charge on any atom is 0.201 e. The van der Waals surface area contributed by atoms with Gasteiger partial charge >= 0.3 is 0 Å². The molecule has 0 spiro atoms. The van der Waals surface area contributed by atoms with Gasteiger partial charge in [-0.3, -0.25) is 0 Å². The van der Waals surface area contributed by atoms with Crippen molar-refractivity contribution in [3.8, 4) is 16.9 Å². The van der Waals surface area contributed by atoms with Crippen molar-refractivity contribution in [2.75, 3.05) is 19.8 Å². The molecular formula is C28H38F2O3. The number of rotatable bonds is 13. The summed E-state index contributed by atoms with van der Waals surface area (Å²) in [5.74, 6) is -1.40. The molecule has 0 saturated carbocycles. The zero-order valence-electron chi connectivity index (χ0n) is 20.1. The van der Waals surface area contributed by atoms with E-state index in [0.717, 1.165) is 31.2 Å². The Morgan fingerprint density at radius 1 is 0.788 bits per heavy atom. The Labute approximate surface area is 197 Å². The number of unbranched alkanes of at least 4 members (excludes halogenated alkanes) is 6. The summed E-state index contributed by atoms with van der Waals surface area (Å²) < 4.78 is 46.6. The van der Waals surface area contributed by atoms with Gasteiger partial charge in [0, 0.05) is 17.0 Å². The van der Waals surface area contributed by atoms with Gasteiger partial charge in [-0.15, -0.1) is 0 Å². The van der Waals surface area contributed by atoms with Crippen LogP contribution in [0.25, 0.3) is 11.1 Å². The van der Waals surface area contributed by atoms with Crippen LogP contribution >= 0.6 is 0 Å². The van der Waals surface area contributed by atoms with Gasteiger partial charge in [0.15, 0.2) is 17.9 Å². The largest absolute Gasteiger partial charge is 0.490 e. The van der Waals surface area contributed by atoms with E-state index in [1.165, 1.54) is 38.2 Å². The van der Waals surface area contributed by atoms with Crippen molar-refractivity contribution in [2.45, 2.75) is 77.9 Å². The normalized spacial score (nSPS) is 18.4. The van der Waals surface area contributed by atoms with Crippen molar-refractivity contribution < 1.29 is 23.0 Å². The lowest BCUT2D eigenvalue weighted by Gasteiger charge is -2.29. The van der Waals surface area contributed by atoms with E-state index in [2.05, 4.69) is 13.8 Å². The average Bonchev–Trinajstić information content (AvgIpc) is 2.85. The van der Waals surface area contributed by atoms with Crippen molar-refractivity contribution in [1.29, 1.82) is 0 Å². The molecule has 1 saturated heterocycles. The van der Waals surface area contributed by atoms with Crippen LogP contribution in [0.4, 0.5) is 8.78 Å². The molecule has 1 aliphatic heterocycles. The molecule has 3 nitrogen and oxygen atoms in total. The van der Waals surface area contributed by atoms with Crippen LogP contribution in [0.3, 0.4) is 0 Å². The van der Waals surface area contributed by atoms with E-state index < -0.39 is 17.9 Å². The van der Waals surface area contributed by atoms with Crippen LogP contribution in [-0.2, 0) is 9.47 Å². The molecule has 0 radical (unpaired) electrons. The van der Waals surface area contributed by atoms with Crippen LogP contribution < -0.4 is 4.74 Å². The molecule has 182 valence electrons. The summed E-state index contributed by atoms with van der Waals surface area (Å²) in [6.45, 7) is 6.14. The Hall–Kier alpha value is -1.98. The molecule has 0 bridgehead atoms. The second-order valence-corrected chi connectivity index (χ2v) is 8.98. The minimum Gasteiger partial charge on any atom is -0.490 e. The molecule has 0 atom stereocenters. The molecule has 0 unspecified atom stereocenters. The topological polar surface area (TPSA) is 27.7 Å². The molecule has 5 heteroatoms. The van der Waals surface area contributed by atoms with E-state index >= 15 is 0 Å². The Kier molecular flexibility index (Phi) is 10.6. The van der Waals surface area contributed by atoms with E-state index in [9.17, 15) is 8.78 Å². The first-order valence-electron chi connectivity index (χ1n) is 12.6. The highest BCUT2D eigenvalue weighted by Crippen LogP contribution is 2.32. The van der Waals surface area contributed by atoms with Crippen molar-refractivity contribution in [3.63, 3.8) is 0 Å². The minimum absolute atomic E-state index is 0.0270. The second kappa shape index (κ2) is 13.7. The Morgan fingerprint density at radius 3 is 2.15 bits per heavy atom. The molecule has 3 rings (SSSR count). The fourth-order valence-electron chi connectivity index (χ4n) is 4.16. The van der Waals surface area contributed by atoms with Crippen LogP contribution in [0, 0.1) is 17.6 Å². The highest BCUT2D eigenvalue weighted by Gasteiger charge is 2.23. The first kappa shape index (κ1) is 25.6. The Morgan fingerprint density at radius 2 is 1.45 bits per heavy atom. The molecule has 1 heterocycles. The molecule has 2 aromatic carbocycles. The summed E-state index contributed by atoms with van der Waals surface area (Å²) in [4.78, 5) is 0. The third-order valence-electron chi connectivity index (χ3n) is 6.23. The van der Waals surface area contributed by atoms with E-state index in [0.29, 0.717) is 31.3 Å². The lowest BCUT2D eigenvalue weighted by molar-refractivity contribution is -0.206. The van der Waals surface area contributed by atoms with Crippen LogP contribution in [0.1, 0.15) is 83.5 Å². The van der Waals surface area contributed by atoms with Crippen molar-refractivity contribution >= 4 is 0 Å². The van der Waals surface area contributed by atoms with Crippen molar-refractivity contribution in [2.24, 2.45) is 5.92 Å². The number of hydrogen-bond donors (Lipinski definition) is 0. The average molecular weight is 461 g/mol. The molecule has 33 heavy (non-hydrogen) atoms. The zero-order valence-corrected chi connectivity index (χ0v) is 20.1. The fraction of sp³-hybridized carbons (Fsp3) is 0.571. The van der Waals surface area contributed by atoms with Gasteiger partial charge in [-0.1, -0.05) is 83.1 Å². The van der Waals surface area contributed by atoms with E-state index in [4.69, 9.17) is 14.2 Å². The van der Waals surface area contributed by atoms with Gasteiger partial charge in [-0.05, 0) is 30.5 Å². The number of halogens is 2. The van der Waals surface area contributed by atoms with E-state index in [1.54, 1.807) is 18.2 Å². The van der Waals surface area contributed by atoms with Gasteiger partial charge in [-0.25, -0.2) is 4.39 Å². The number of hydrogen-bond acceptors (Lipinski definition) is 3. The Bertz CT molecular complexity index is 830. The maximum absolute atomic E-state index is 14.7. The number of benzene rings is 2. The van der Waals surface area contributed by atoms with Gasteiger partial charge in [0.25, 0.3) is 0 Å². The second-order valence-electron chi connectivity index (χ2n) is 8.98. The molecule has 1 fully saturated rings. The smallest absolute Gasteiger partial charge is 0.201 e. The maximum atomic E-state index is 14.7. The van der Waals surface area contributed by atoms with Gasteiger partial charge in [0.05, 0.1) is 19.8 Å². The first-order chi connectivity index (χ1) is 16.1. The molecule has 0 N–H and O–H groups in total. The van der Waals surface area contributed by atoms with Crippen LogP contribution in [0.15, 0.2) is 36.4 Å². The van der Waals surface area contributed by atoms with Crippen LogP contribution in [0.5, 0.6) is 5.75 Å². The zero-order chi connectivity index (χ0) is 23.5. The standard InChI is InChI=1S/C28H38F2O3/c1-3-5-7-8-10-18-31-25-17-16-24(26(29)27(25)30)22-12-14-23(15-13-22)28-32-19-21(20-33-28)11-9-6-4-2/h12-17,21,28H,3-11,18-20H2,1-2H3. The highest BCUT2D eigenvalue weighted by molar-refractivity contribution is 5.65. The first-order valence-corrected chi connectivity index (χ1v) is 12.6. The van der Waals surface area contributed by atoms with Crippen LogP contribution in [0.2, 0.25) is 0 Å². The van der Waals surface area contributed by atoms with Gasteiger partial charge < -0.3 is 14.2 Å². The highest BCUT2D eigenvalue weighted by atomic mass is 19.2. The summed E-state index contributed by atoms with van der Waals surface area (Å²) in [5, 5.41) is 0. The summed E-state index contributed by atoms with van der Waals surface area (Å²) in [6, 6.07) is 10.4. The van der Waals surface area contributed by atoms with E-state index in [1.807, 2.05) is 12.1 Å². The SMILES string of the molecule is CCCCCCCOc1ccc(-c2ccc(C3OCC(CCCCC)CO3)cc2)c(F)c1F. The quantitative estimate of drug-likeness (QED) is 0.282. The third-order valence-corrected chi connectivity index (χ3v) is 6.23. The van der Waals surface area contributed by atoms with E-state index in [-0.39, 0.29) is 11.3 Å². The molecular weight excluding hydrogens is 422 g/mol. The fourth-order valence-corrected chi connectivity index (χ4v) is 4.16. The third kappa shape index (κ3) is 7.51. The summed E-state index contributed by atoms with van der Waals surface area (Å²) in [6.07, 6.45) is 9.76. The van der Waals surface area contributed by atoms with Gasteiger partial charge in [0.1, 0.15) is 0 Å². The van der Waals surface area contributed by atoms with Gasteiger partial charge in [-0.2, -0.15) is 4.39 Å². The van der Waals surface area contributed by atoms with Crippen molar-refractivity contribution in [1.82, 2.24) is 0 Å². The Balaban J connectivity index is 1.54. The van der Waals surface area contributed by atoms with Gasteiger partial charge in [0.2, 0.25) is 5.82 Å². The molecule has 0 aliphatic carbocycles. The van der Waals surface area contributed by atoms with Crippen LogP contribution in [-0.4, -0.2) is 19.8 Å². The predicted molar refractivity (Wildman–Crippen MR) is 128 cm³/mol. The molecule has 1 aliphatic rings. The van der Waals surface area contributed by atoms with Crippen molar-refractivity contribution in [3.05, 3.63) is 53.6 Å². The molecule has 0 aromatic heterocycles. The summed E-state index contributed by atoms with van der Waals surface area (Å²) in [5.41, 5.74) is 1.71.